The number of aliphatic hydroxyl groups is 1. The van der Waals surface area contributed by atoms with Crippen molar-refractivity contribution < 1.29 is 9.84 Å². The van der Waals surface area contributed by atoms with Gasteiger partial charge in [0.15, 0.2) is 0 Å². The molecule has 0 unspecified atom stereocenters. The third-order valence-electron chi connectivity index (χ3n) is 5.12. The molecule has 110 valence electrons. The first-order chi connectivity index (χ1) is 9.72. The molecule has 1 aromatic rings. The van der Waals surface area contributed by atoms with E-state index in [1.807, 2.05) is 18.2 Å². The highest BCUT2D eigenvalue weighted by molar-refractivity contribution is 5.40. The molecule has 1 aromatic carbocycles. The molecule has 0 bridgehead atoms. The fourth-order valence-corrected chi connectivity index (χ4v) is 3.78. The minimum atomic E-state index is -0.453. The van der Waals surface area contributed by atoms with Crippen LogP contribution in [0.2, 0.25) is 0 Å². The standard InChI is InChI=1S/C17H25NO2/c1-3-17(4-2)16(19)15(18-11-7-8-12-18)13-9-5-6-10-14(13)20-17/h5-6,9-10,15-16,19H,3-4,7-8,11-12H2,1-2H3/t15-,16+/m1/s1. The number of likely N-dealkylation sites (tertiary alicyclic amines) is 1. The Hall–Kier alpha value is -1.06. The lowest BCUT2D eigenvalue weighted by Gasteiger charge is -2.48. The molecule has 0 amide bonds. The minimum Gasteiger partial charge on any atom is -0.484 e. The fraction of sp³-hybridized carbons (Fsp3) is 0.647. The van der Waals surface area contributed by atoms with Gasteiger partial charge >= 0.3 is 0 Å². The summed E-state index contributed by atoms with van der Waals surface area (Å²) in [7, 11) is 0. The zero-order valence-electron chi connectivity index (χ0n) is 12.5. The summed E-state index contributed by atoms with van der Waals surface area (Å²) in [5.74, 6) is 0.957. The smallest absolute Gasteiger partial charge is 0.136 e. The second-order valence-corrected chi connectivity index (χ2v) is 6.04. The molecule has 0 spiro atoms. The lowest BCUT2D eigenvalue weighted by molar-refractivity contribution is -0.113. The van der Waals surface area contributed by atoms with Gasteiger partial charge in [-0.1, -0.05) is 32.0 Å². The van der Waals surface area contributed by atoms with Crippen LogP contribution in [0.25, 0.3) is 0 Å². The number of rotatable bonds is 3. The molecule has 3 rings (SSSR count). The second kappa shape index (κ2) is 5.38. The third-order valence-corrected chi connectivity index (χ3v) is 5.12. The average Bonchev–Trinajstić information content (AvgIpc) is 3.00. The lowest BCUT2D eigenvalue weighted by atomic mass is 9.80. The predicted octanol–water partition coefficient (Wildman–Crippen LogP) is 3.14. The Morgan fingerprint density at radius 3 is 2.50 bits per heavy atom. The van der Waals surface area contributed by atoms with Gasteiger partial charge in [-0.05, 0) is 44.8 Å². The second-order valence-electron chi connectivity index (χ2n) is 6.04. The molecule has 3 heteroatoms. The Bertz CT molecular complexity index is 464. The number of fused-ring (bicyclic) bond motifs is 1. The normalized spacial score (nSPS) is 28.9. The van der Waals surface area contributed by atoms with Gasteiger partial charge in [0.05, 0.1) is 6.04 Å². The molecule has 0 radical (unpaired) electrons. The van der Waals surface area contributed by atoms with Gasteiger partial charge in [-0.25, -0.2) is 0 Å². The first kappa shape index (κ1) is 13.9. The summed E-state index contributed by atoms with van der Waals surface area (Å²) in [5.41, 5.74) is 0.709. The summed E-state index contributed by atoms with van der Waals surface area (Å²) in [5, 5.41) is 11.0. The van der Waals surface area contributed by atoms with Crippen LogP contribution in [0.1, 0.15) is 51.1 Å². The van der Waals surface area contributed by atoms with Gasteiger partial charge in [-0.15, -0.1) is 0 Å². The van der Waals surface area contributed by atoms with Crippen LogP contribution < -0.4 is 4.74 Å². The summed E-state index contributed by atoms with van der Waals surface area (Å²) >= 11 is 0. The van der Waals surface area contributed by atoms with E-state index in [4.69, 9.17) is 4.74 Å². The van der Waals surface area contributed by atoms with Crippen LogP contribution in [0.5, 0.6) is 5.75 Å². The van der Waals surface area contributed by atoms with Crippen LogP contribution in [0.3, 0.4) is 0 Å². The van der Waals surface area contributed by atoms with Crippen molar-refractivity contribution in [3.05, 3.63) is 29.8 Å². The summed E-state index contributed by atoms with van der Waals surface area (Å²) in [6.45, 7) is 6.39. The van der Waals surface area contributed by atoms with Crippen molar-refractivity contribution >= 4 is 0 Å². The Morgan fingerprint density at radius 2 is 1.85 bits per heavy atom. The van der Waals surface area contributed by atoms with Crippen LogP contribution in [-0.2, 0) is 0 Å². The molecule has 1 N–H and O–H groups in total. The van der Waals surface area contributed by atoms with Crippen molar-refractivity contribution in [1.29, 1.82) is 0 Å². The number of hydrogen-bond donors (Lipinski definition) is 1. The van der Waals surface area contributed by atoms with Gasteiger partial charge < -0.3 is 9.84 Å². The van der Waals surface area contributed by atoms with Gasteiger partial charge in [-0.3, -0.25) is 4.90 Å². The van der Waals surface area contributed by atoms with Crippen molar-refractivity contribution in [2.45, 2.75) is 57.3 Å². The van der Waals surface area contributed by atoms with E-state index in [1.165, 1.54) is 12.8 Å². The van der Waals surface area contributed by atoms with Gasteiger partial charge in [0, 0.05) is 5.56 Å². The van der Waals surface area contributed by atoms with Crippen molar-refractivity contribution in [2.75, 3.05) is 13.1 Å². The lowest BCUT2D eigenvalue weighted by Crippen LogP contribution is -2.56. The summed E-state index contributed by atoms with van der Waals surface area (Å²) in [6, 6.07) is 8.31. The minimum absolute atomic E-state index is 0.0855. The van der Waals surface area contributed by atoms with Gasteiger partial charge in [0.2, 0.25) is 0 Å². The molecule has 2 aliphatic heterocycles. The molecule has 2 aliphatic rings. The van der Waals surface area contributed by atoms with E-state index >= 15 is 0 Å². The summed E-state index contributed by atoms with van der Waals surface area (Å²) in [4.78, 5) is 2.44. The van der Waals surface area contributed by atoms with E-state index in [0.717, 1.165) is 37.2 Å². The SMILES string of the molecule is CCC1(CC)Oc2ccccc2[C@@H](N2CCCC2)[C@@H]1O. The molecule has 2 heterocycles. The first-order valence-corrected chi connectivity index (χ1v) is 7.92. The molecule has 0 aliphatic carbocycles. The van der Waals surface area contributed by atoms with E-state index in [0.29, 0.717) is 0 Å². The predicted molar refractivity (Wildman–Crippen MR) is 79.9 cm³/mol. The van der Waals surface area contributed by atoms with Crippen LogP contribution in [0.15, 0.2) is 24.3 Å². The number of nitrogens with zero attached hydrogens (tertiary/aromatic N) is 1. The Balaban J connectivity index is 2.05. The van der Waals surface area contributed by atoms with Crippen LogP contribution in [0, 0.1) is 0 Å². The van der Waals surface area contributed by atoms with Gasteiger partial charge in [0.25, 0.3) is 0 Å². The molecule has 0 saturated carbocycles. The third kappa shape index (κ3) is 2.04. The quantitative estimate of drug-likeness (QED) is 0.920. The topological polar surface area (TPSA) is 32.7 Å². The number of aliphatic hydroxyl groups excluding tert-OH is 1. The summed E-state index contributed by atoms with van der Waals surface area (Å²) < 4.78 is 6.24. The number of benzene rings is 1. The molecule has 3 nitrogen and oxygen atoms in total. The van der Waals surface area contributed by atoms with Crippen LogP contribution >= 0.6 is 0 Å². The highest BCUT2D eigenvalue weighted by Crippen LogP contribution is 2.46. The van der Waals surface area contributed by atoms with Crippen LogP contribution in [0.4, 0.5) is 0 Å². The number of para-hydroxylation sites is 1. The number of ether oxygens (including phenoxy) is 1. The maximum atomic E-state index is 11.0. The highest BCUT2D eigenvalue weighted by Gasteiger charge is 2.49. The van der Waals surface area contributed by atoms with Crippen LogP contribution in [-0.4, -0.2) is 34.8 Å². The van der Waals surface area contributed by atoms with E-state index in [1.54, 1.807) is 0 Å². The van der Waals surface area contributed by atoms with Gasteiger partial charge in [-0.2, -0.15) is 0 Å². The summed E-state index contributed by atoms with van der Waals surface area (Å²) in [6.07, 6.45) is 3.69. The monoisotopic (exact) mass is 275 g/mol. The zero-order chi connectivity index (χ0) is 14.2. The van der Waals surface area contributed by atoms with E-state index in [9.17, 15) is 5.11 Å². The van der Waals surface area contributed by atoms with E-state index < -0.39 is 11.7 Å². The van der Waals surface area contributed by atoms with E-state index in [-0.39, 0.29) is 6.04 Å². The Morgan fingerprint density at radius 1 is 1.20 bits per heavy atom. The molecule has 1 saturated heterocycles. The van der Waals surface area contributed by atoms with Crippen molar-refractivity contribution in [1.82, 2.24) is 4.90 Å². The Kier molecular flexibility index (Phi) is 3.74. The molecular formula is C17H25NO2. The first-order valence-electron chi connectivity index (χ1n) is 7.92. The van der Waals surface area contributed by atoms with Crippen molar-refractivity contribution in [2.24, 2.45) is 0 Å². The fourth-order valence-electron chi connectivity index (χ4n) is 3.78. The molecule has 0 aromatic heterocycles. The van der Waals surface area contributed by atoms with E-state index in [2.05, 4.69) is 24.8 Å². The van der Waals surface area contributed by atoms with Crippen molar-refractivity contribution in [3.8, 4) is 5.75 Å². The molecule has 1 fully saturated rings. The van der Waals surface area contributed by atoms with Crippen molar-refractivity contribution in [3.63, 3.8) is 0 Å². The maximum Gasteiger partial charge on any atom is 0.136 e. The maximum absolute atomic E-state index is 11.0. The molecule has 2 atom stereocenters. The number of hydrogen-bond acceptors (Lipinski definition) is 3. The zero-order valence-corrected chi connectivity index (χ0v) is 12.5. The average molecular weight is 275 g/mol. The Labute approximate surface area is 121 Å². The highest BCUT2D eigenvalue weighted by atomic mass is 16.5. The molecule has 20 heavy (non-hydrogen) atoms. The molecular weight excluding hydrogens is 250 g/mol. The van der Waals surface area contributed by atoms with Gasteiger partial charge in [0.1, 0.15) is 17.5 Å². The largest absolute Gasteiger partial charge is 0.484 e.